The van der Waals surface area contributed by atoms with Gasteiger partial charge < -0.3 is 24.3 Å². The third kappa shape index (κ3) is 5.03. The molecular weight excluding hydrogens is 424 g/mol. The van der Waals surface area contributed by atoms with Gasteiger partial charge in [0.15, 0.2) is 18.2 Å². The molecule has 0 spiro atoms. The Bertz CT molecular complexity index is 1180. The molecule has 0 saturated heterocycles. The van der Waals surface area contributed by atoms with E-state index in [0.29, 0.717) is 28.7 Å². The monoisotopic (exact) mass is 450 g/mol. The molecule has 0 fully saturated rings. The summed E-state index contributed by atoms with van der Waals surface area (Å²) in [4.78, 5) is 16.7. The zero-order valence-electron chi connectivity index (χ0n) is 18.9. The van der Waals surface area contributed by atoms with Crippen LogP contribution >= 0.6 is 0 Å². The van der Waals surface area contributed by atoms with Crippen LogP contribution in [-0.2, 0) is 4.74 Å². The van der Waals surface area contributed by atoms with Crippen LogP contribution in [0, 0.1) is 5.92 Å². The van der Waals surface area contributed by atoms with Crippen molar-refractivity contribution in [3.8, 4) is 23.0 Å². The topological polar surface area (TPSA) is 94.2 Å². The molecule has 2 aromatic carbocycles. The smallest absolute Gasteiger partial charge is 0.338 e. The number of aromatic nitrogens is 1. The highest BCUT2D eigenvalue weighted by Gasteiger charge is 2.18. The predicted molar refractivity (Wildman–Crippen MR) is 124 cm³/mol. The Morgan fingerprint density at radius 2 is 1.79 bits per heavy atom. The third-order valence-electron chi connectivity index (χ3n) is 5.01. The lowest BCUT2D eigenvalue weighted by Gasteiger charge is -2.16. The van der Waals surface area contributed by atoms with Gasteiger partial charge in [0, 0.05) is 29.3 Å². The molecule has 2 heterocycles. The molecule has 3 aromatic rings. The highest BCUT2D eigenvalue weighted by Crippen LogP contribution is 2.37. The molecule has 9 heteroatoms. The first kappa shape index (κ1) is 22.1. The number of urea groups is 1. The second-order valence-corrected chi connectivity index (χ2v) is 7.66. The summed E-state index contributed by atoms with van der Waals surface area (Å²) in [5.41, 5.74) is 4.08. The number of allylic oxidation sites excluding steroid dienone is 1. The molecule has 2 amide bonds. The van der Waals surface area contributed by atoms with E-state index in [2.05, 4.69) is 15.7 Å². The predicted octanol–water partition coefficient (Wildman–Crippen LogP) is 4.87. The van der Waals surface area contributed by atoms with E-state index >= 15 is 0 Å². The van der Waals surface area contributed by atoms with E-state index in [0.717, 1.165) is 16.7 Å². The van der Waals surface area contributed by atoms with Gasteiger partial charge in [0.25, 0.3) is 0 Å². The van der Waals surface area contributed by atoms with Gasteiger partial charge in [-0.2, -0.15) is 0 Å². The van der Waals surface area contributed by atoms with E-state index in [1.807, 2.05) is 19.9 Å². The molecule has 33 heavy (non-hydrogen) atoms. The van der Waals surface area contributed by atoms with Gasteiger partial charge in [0.1, 0.15) is 17.3 Å². The SMILES string of the molecule is COc1cc2nccc(Oc3ccc(NC(=O)NN4C=C(C(C)C)OC4)cc3)c2cc1OC. The molecule has 0 bridgehead atoms. The van der Waals surface area contributed by atoms with Crippen molar-refractivity contribution in [3.63, 3.8) is 0 Å². The summed E-state index contributed by atoms with van der Waals surface area (Å²) in [5.74, 6) is 3.51. The summed E-state index contributed by atoms with van der Waals surface area (Å²) >= 11 is 0. The van der Waals surface area contributed by atoms with Gasteiger partial charge in [-0.3, -0.25) is 9.99 Å². The van der Waals surface area contributed by atoms with Crippen molar-refractivity contribution < 1.29 is 23.7 Å². The molecule has 0 aliphatic carbocycles. The number of hydrogen-bond acceptors (Lipinski definition) is 7. The number of carbonyl (C=O) groups excluding carboxylic acids is 1. The van der Waals surface area contributed by atoms with Crippen LogP contribution < -0.4 is 25.0 Å². The quantitative estimate of drug-likeness (QED) is 0.530. The molecule has 0 radical (unpaired) electrons. The molecule has 4 rings (SSSR count). The number of nitrogens with one attached hydrogen (secondary N) is 2. The van der Waals surface area contributed by atoms with E-state index < -0.39 is 0 Å². The summed E-state index contributed by atoms with van der Waals surface area (Å²) in [6.45, 7) is 4.34. The van der Waals surface area contributed by atoms with Crippen LogP contribution in [0.5, 0.6) is 23.0 Å². The lowest BCUT2D eigenvalue weighted by Crippen LogP contribution is -2.40. The van der Waals surface area contributed by atoms with Gasteiger partial charge in [0.05, 0.1) is 25.9 Å². The Hall–Kier alpha value is -4.14. The molecule has 172 valence electrons. The Morgan fingerprint density at radius 1 is 1.06 bits per heavy atom. The third-order valence-corrected chi connectivity index (χ3v) is 5.01. The first-order valence-corrected chi connectivity index (χ1v) is 10.4. The van der Waals surface area contributed by atoms with Crippen LogP contribution in [-0.4, -0.2) is 37.0 Å². The average Bonchev–Trinajstić information content (AvgIpc) is 3.28. The van der Waals surface area contributed by atoms with Gasteiger partial charge in [-0.15, -0.1) is 0 Å². The second kappa shape index (κ2) is 9.56. The van der Waals surface area contributed by atoms with Gasteiger partial charge in [-0.05, 0) is 36.4 Å². The summed E-state index contributed by atoms with van der Waals surface area (Å²) in [5, 5.41) is 5.18. The maximum Gasteiger partial charge on any atom is 0.338 e. The fraction of sp³-hybridized carbons (Fsp3) is 0.250. The number of rotatable bonds is 7. The Labute approximate surface area is 191 Å². The van der Waals surface area contributed by atoms with Crippen LogP contribution in [0.4, 0.5) is 10.5 Å². The van der Waals surface area contributed by atoms with Crippen molar-refractivity contribution in [2.75, 3.05) is 26.3 Å². The summed E-state index contributed by atoms with van der Waals surface area (Å²) in [6, 6.07) is 12.1. The minimum absolute atomic E-state index is 0.257. The number of hydrogen-bond donors (Lipinski definition) is 2. The lowest BCUT2D eigenvalue weighted by atomic mass is 10.2. The number of ether oxygens (including phenoxy) is 4. The van der Waals surface area contributed by atoms with Crippen molar-refractivity contribution in [1.82, 2.24) is 15.4 Å². The van der Waals surface area contributed by atoms with Crippen molar-refractivity contribution in [3.05, 3.63) is 60.6 Å². The molecule has 0 saturated carbocycles. The molecule has 1 aromatic heterocycles. The number of pyridine rings is 1. The number of methoxy groups -OCH3 is 2. The van der Waals surface area contributed by atoms with E-state index in [1.165, 1.54) is 0 Å². The average molecular weight is 450 g/mol. The molecule has 1 aliphatic rings. The number of hydrazine groups is 1. The van der Waals surface area contributed by atoms with Gasteiger partial charge in [-0.25, -0.2) is 10.2 Å². The zero-order chi connectivity index (χ0) is 23.4. The molecule has 2 N–H and O–H groups in total. The number of nitrogens with zero attached hydrogens (tertiary/aromatic N) is 2. The number of fused-ring (bicyclic) bond motifs is 1. The summed E-state index contributed by atoms with van der Waals surface area (Å²) in [7, 11) is 3.16. The summed E-state index contributed by atoms with van der Waals surface area (Å²) < 4.78 is 22.3. The van der Waals surface area contributed by atoms with Crippen LogP contribution in [0.1, 0.15) is 13.8 Å². The van der Waals surface area contributed by atoms with E-state index in [4.69, 9.17) is 18.9 Å². The fourth-order valence-electron chi connectivity index (χ4n) is 3.31. The number of anilines is 1. The fourth-order valence-corrected chi connectivity index (χ4v) is 3.31. The largest absolute Gasteiger partial charge is 0.493 e. The molecule has 0 atom stereocenters. The van der Waals surface area contributed by atoms with E-state index in [1.54, 1.807) is 68.0 Å². The second-order valence-electron chi connectivity index (χ2n) is 7.66. The lowest BCUT2D eigenvalue weighted by molar-refractivity contribution is 0.116. The zero-order valence-corrected chi connectivity index (χ0v) is 18.9. The Balaban J connectivity index is 1.43. The standard InChI is InChI=1S/C24H26N4O5/c1-15(2)23-13-28(14-32-23)27-24(29)26-16-5-7-17(8-6-16)33-20-9-10-25-19-12-22(31-4)21(30-3)11-18(19)20/h5-13,15H,14H2,1-4H3,(H2,26,27,29). The van der Waals surface area contributed by atoms with E-state index in [-0.39, 0.29) is 18.7 Å². The summed E-state index contributed by atoms with van der Waals surface area (Å²) in [6.07, 6.45) is 3.45. The Morgan fingerprint density at radius 3 is 2.45 bits per heavy atom. The van der Waals surface area contributed by atoms with Gasteiger partial charge >= 0.3 is 6.03 Å². The maximum atomic E-state index is 12.3. The van der Waals surface area contributed by atoms with Crippen LogP contribution in [0.2, 0.25) is 0 Å². The number of carbonyl (C=O) groups is 1. The van der Waals surface area contributed by atoms with Crippen molar-refractivity contribution >= 4 is 22.6 Å². The highest BCUT2D eigenvalue weighted by atomic mass is 16.5. The normalized spacial score (nSPS) is 12.9. The van der Waals surface area contributed by atoms with Gasteiger partial charge in [-0.1, -0.05) is 13.8 Å². The molecule has 9 nitrogen and oxygen atoms in total. The molecular formula is C24H26N4O5. The highest BCUT2D eigenvalue weighted by molar-refractivity contribution is 5.89. The molecule has 0 unspecified atom stereocenters. The number of benzene rings is 2. The van der Waals surface area contributed by atoms with Crippen molar-refractivity contribution in [1.29, 1.82) is 0 Å². The van der Waals surface area contributed by atoms with Gasteiger partial charge in [0.2, 0.25) is 0 Å². The van der Waals surface area contributed by atoms with E-state index in [9.17, 15) is 4.79 Å². The number of amides is 2. The Kier molecular flexibility index (Phi) is 6.39. The van der Waals surface area contributed by atoms with Crippen molar-refractivity contribution in [2.24, 2.45) is 5.92 Å². The molecule has 1 aliphatic heterocycles. The van der Waals surface area contributed by atoms with Crippen LogP contribution in [0.15, 0.2) is 60.6 Å². The van der Waals surface area contributed by atoms with Crippen LogP contribution in [0.25, 0.3) is 10.9 Å². The minimum atomic E-state index is -0.366. The van der Waals surface area contributed by atoms with Crippen molar-refractivity contribution in [2.45, 2.75) is 13.8 Å². The first-order chi connectivity index (χ1) is 16.0. The first-order valence-electron chi connectivity index (χ1n) is 10.4. The van der Waals surface area contributed by atoms with Crippen LogP contribution in [0.3, 0.4) is 0 Å². The minimum Gasteiger partial charge on any atom is -0.493 e. The maximum absolute atomic E-state index is 12.3.